The van der Waals surface area contributed by atoms with Crippen molar-refractivity contribution < 1.29 is 0 Å². The molecule has 0 atom stereocenters. The van der Waals surface area contributed by atoms with Gasteiger partial charge in [-0.25, -0.2) is 0 Å². The number of nitrogens with zero attached hydrogens (tertiary/aromatic N) is 1. The zero-order chi connectivity index (χ0) is 13.9. The number of likely N-dealkylation sites (N-methyl/N-ethyl adjacent to an activating group) is 1. The molecule has 0 amide bonds. The molecule has 102 valence electrons. The van der Waals surface area contributed by atoms with Gasteiger partial charge in [0.05, 0.1) is 0 Å². The fourth-order valence-corrected chi connectivity index (χ4v) is 2.03. The summed E-state index contributed by atoms with van der Waals surface area (Å²) < 4.78 is 0. The van der Waals surface area contributed by atoms with Crippen molar-refractivity contribution in [1.82, 2.24) is 4.90 Å². The minimum atomic E-state index is 0.0770. The average molecular weight is 248 g/mol. The van der Waals surface area contributed by atoms with Crippen LogP contribution in [-0.2, 0) is 6.42 Å². The van der Waals surface area contributed by atoms with Crippen LogP contribution in [-0.4, -0.2) is 30.6 Å². The van der Waals surface area contributed by atoms with Crippen molar-refractivity contribution in [2.45, 2.75) is 46.6 Å². The van der Waals surface area contributed by atoms with Crippen LogP contribution in [0.2, 0.25) is 0 Å². The van der Waals surface area contributed by atoms with E-state index in [1.54, 1.807) is 0 Å². The molecule has 0 fully saturated rings. The van der Waals surface area contributed by atoms with E-state index in [-0.39, 0.29) is 5.54 Å². The van der Waals surface area contributed by atoms with Crippen LogP contribution in [0.5, 0.6) is 0 Å². The Labute approximate surface area is 112 Å². The van der Waals surface area contributed by atoms with Gasteiger partial charge in [-0.1, -0.05) is 12.1 Å². The maximum absolute atomic E-state index is 5.81. The normalized spacial score (nSPS) is 12.2. The molecular weight excluding hydrogens is 220 g/mol. The number of nitrogens with two attached hydrogens (primary N) is 1. The molecule has 2 heteroatoms. The first-order chi connectivity index (χ1) is 8.29. The third kappa shape index (κ3) is 3.33. The van der Waals surface area contributed by atoms with Crippen molar-refractivity contribution in [1.29, 1.82) is 0 Å². The zero-order valence-corrected chi connectivity index (χ0v) is 12.8. The third-order valence-corrected chi connectivity index (χ3v) is 4.42. The first-order valence-corrected chi connectivity index (χ1v) is 6.76. The Morgan fingerprint density at radius 3 is 2.28 bits per heavy atom. The molecule has 0 spiro atoms. The van der Waals surface area contributed by atoms with Gasteiger partial charge in [0.2, 0.25) is 0 Å². The van der Waals surface area contributed by atoms with Crippen LogP contribution in [0.15, 0.2) is 12.1 Å². The summed E-state index contributed by atoms with van der Waals surface area (Å²) in [4.78, 5) is 2.35. The Morgan fingerprint density at radius 2 is 1.72 bits per heavy atom. The van der Waals surface area contributed by atoms with Crippen LogP contribution in [0.3, 0.4) is 0 Å². The second-order valence-electron chi connectivity index (χ2n) is 5.98. The lowest BCUT2D eigenvalue weighted by Crippen LogP contribution is -2.47. The Kier molecular flexibility index (Phi) is 4.94. The van der Waals surface area contributed by atoms with Crippen LogP contribution in [0.1, 0.15) is 36.1 Å². The fraction of sp³-hybridized carbons (Fsp3) is 0.625. The predicted octanol–water partition coefficient (Wildman–Crippen LogP) is 2.82. The van der Waals surface area contributed by atoms with Gasteiger partial charge in [-0.15, -0.1) is 0 Å². The monoisotopic (exact) mass is 248 g/mol. The second kappa shape index (κ2) is 5.85. The molecule has 0 aromatic heterocycles. The lowest BCUT2D eigenvalue weighted by Gasteiger charge is -2.34. The van der Waals surface area contributed by atoms with Crippen molar-refractivity contribution in [2.24, 2.45) is 5.73 Å². The topological polar surface area (TPSA) is 29.3 Å². The fourth-order valence-electron chi connectivity index (χ4n) is 2.03. The molecule has 0 radical (unpaired) electrons. The standard InChI is InChI=1S/C16H28N2/c1-12-7-8-15(14(3)13(12)2)9-10-18(6)16(4,5)11-17/h7-8H,9-11,17H2,1-6H3. The minimum absolute atomic E-state index is 0.0770. The molecule has 18 heavy (non-hydrogen) atoms. The van der Waals surface area contributed by atoms with E-state index in [0.29, 0.717) is 6.54 Å². The Balaban J connectivity index is 2.73. The molecule has 2 N–H and O–H groups in total. The van der Waals surface area contributed by atoms with Crippen molar-refractivity contribution in [3.05, 3.63) is 34.4 Å². The number of hydrogen-bond acceptors (Lipinski definition) is 2. The molecule has 1 aromatic carbocycles. The highest BCUT2D eigenvalue weighted by atomic mass is 15.2. The van der Waals surface area contributed by atoms with Crippen LogP contribution < -0.4 is 5.73 Å². The molecule has 0 aliphatic heterocycles. The van der Waals surface area contributed by atoms with E-state index in [9.17, 15) is 0 Å². The molecule has 1 rings (SSSR count). The van der Waals surface area contributed by atoms with Gasteiger partial charge in [0.25, 0.3) is 0 Å². The molecule has 0 aliphatic rings. The SMILES string of the molecule is Cc1ccc(CCN(C)C(C)(C)CN)c(C)c1C. The van der Waals surface area contributed by atoms with E-state index in [1.165, 1.54) is 22.3 Å². The van der Waals surface area contributed by atoms with Crippen LogP contribution >= 0.6 is 0 Å². The van der Waals surface area contributed by atoms with E-state index in [0.717, 1.165) is 13.0 Å². The van der Waals surface area contributed by atoms with Crippen molar-refractivity contribution in [2.75, 3.05) is 20.1 Å². The van der Waals surface area contributed by atoms with E-state index in [1.807, 2.05) is 0 Å². The molecule has 0 aliphatic carbocycles. The zero-order valence-electron chi connectivity index (χ0n) is 12.8. The maximum atomic E-state index is 5.81. The molecule has 2 nitrogen and oxygen atoms in total. The highest BCUT2D eigenvalue weighted by molar-refractivity contribution is 5.38. The summed E-state index contributed by atoms with van der Waals surface area (Å²) >= 11 is 0. The summed E-state index contributed by atoms with van der Waals surface area (Å²) in [6.45, 7) is 12.7. The first-order valence-electron chi connectivity index (χ1n) is 6.76. The second-order valence-corrected chi connectivity index (χ2v) is 5.98. The van der Waals surface area contributed by atoms with Crippen LogP contribution in [0.25, 0.3) is 0 Å². The molecule has 0 saturated carbocycles. The minimum Gasteiger partial charge on any atom is -0.329 e. The Bertz CT molecular complexity index is 408. The van der Waals surface area contributed by atoms with Gasteiger partial charge >= 0.3 is 0 Å². The van der Waals surface area contributed by atoms with Gasteiger partial charge < -0.3 is 5.73 Å². The summed E-state index contributed by atoms with van der Waals surface area (Å²) in [5.74, 6) is 0. The summed E-state index contributed by atoms with van der Waals surface area (Å²) in [6, 6.07) is 4.49. The average Bonchev–Trinajstić information content (AvgIpc) is 2.34. The first kappa shape index (κ1) is 15.2. The van der Waals surface area contributed by atoms with E-state index < -0.39 is 0 Å². The van der Waals surface area contributed by atoms with Gasteiger partial charge in [-0.05, 0) is 70.3 Å². The predicted molar refractivity (Wildman–Crippen MR) is 80.1 cm³/mol. The van der Waals surface area contributed by atoms with E-state index >= 15 is 0 Å². The van der Waals surface area contributed by atoms with Crippen molar-refractivity contribution >= 4 is 0 Å². The number of rotatable bonds is 5. The molecule has 1 aromatic rings. The number of benzene rings is 1. The maximum Gasteiger partial charge on any atom is 0.0272 e. The lowest BCUT2D eigenvalue weighted by molar-refractivity contribution is 0.166. The highest BCUT2D eigenvalue weighted by Crippen LogP contribution is 2.19. The highest BCUT2D eigenvalue weighted by Gasteiger charge is 2.21. The van der Waals surface area contributed by atoms with Gasteiger partial charge in [-0.3, -0.25) is 4.90 Å². The van der Waals surface area contributed by atoms with Crippen LogP contribution in [0.4, 0.5) is 0 Å². The number of hydrogen-bond donors (Lipinski definition) is 1. The van der Waals surface area contributed by atoms with Crippen molar-refractivity contribution in [3.8, 4) is 0 Å². The summed E-state index contributed by atoms with van der Waals surface area (Å²) in [7, 11) is 2.16. The van der Waals surface area contributed by atoms with Gasteiger partial charge in [-0.2, -0.15) is 0 Å². The smallest absolute Gasteiger partial charge is 0.0272 e. The summed E-state index contributed by atoms with van der Waals surface area (Å²) in [6.07, 6.45) is 1.09. The Morgan fingerprint density at radius 1 is 1.11 bits per heavy atom. The van der Waals surface area contributed by atoms with E-state index in [2.05, 4.69) is 58.7 Å². The quantitative estimate of drug-likeness (QED) is 0.868. The molecule has 0 unspecified atom stereocenters. The molecule has 0 heterocycles. The van der Waals surface area contributed by atoms with Gasteiger partial charge in [0, 0.05) is 18.6 Å². The Hall–Kier alpha value is -0.860. The molecule has 0 bridgehead atoms. The largest absolute Gasteiger partial charge is 0.329 e. The molecular formula is C16H28N2. The van der Waals surface area contributed by atoms with Gasteiger partial charge in [0.15, 0.2) is 0 Å². The number of aryl methyl sites for hydroxylation is 1. The third-order valence-electron chi connectivity index (χ3n) is 4.42. The van der Waals surface area contributed by atoms with E-state index in [4.69, 9.17) is 5.73 Å². The summed E-state index contributed by atoms with van der Waals surface area (Å²) in [5, 5.41) is 0. The molecule has 0 saturated heterocycles. The summed E-state index contributed by atoms with van der Waals surface area (Å²) in [5.41, 5.74) is 11.6. The van der Waals surface area contributed by atoms with Gasteiger partial charge in [0.1, 0.15) is 0 Å². The van der Waals surface area contributed by atoms with Crippen molar-refractivity contribution in [3.63, 3.8) is 0 Å². The lowest BCUT2D eigenvalue weighted by atomic mass is 9.96. The van der Waals surface area contributed by atoms with Crippen LogP contribution in [0, 0.1) is 20.8 Å².